The molecule has 5 nitrogen and oxygen atoms in total. The van der Waals surface area contributed by atoms with Gasteiger partial charge in [0.2, 0.25) is 0 Å². The van der Waals surface area contributed by atoms with E-state index in [0.29, 0.717) is 25.0 Å². The molecule has 4 bridgehead atoms. The van der Waals surface area contributed by atoms with Crippen molar-refractivity contribution in [2.75, 3.05) is 14.2 Å². The molecule has 5 heteroatoms. The maximum atomic E-state index is 13.6. The fraction of sp³-hybridized carbons (Fsp3) is 0.741. The largest absolute Gasteiger partial charge is 0.507 e. The van der Waals surface area contributed by atoms with Crippen molar-refractivity contribution < 1.29 is 24.1 Å². The third kappa shape index (κ3) is 3.86. The molecule has 1 N–H and O–H groups in total. The van der Waals surface area contributed by atoms with Crippen LogP contribution in [0.3, 0.4) is 0 Å². The SMILES string of the molecule is COCc1cc(C23CC4CC(CC(C(=O)OC5CCCCC5)(C4)C2)C3)cc(COC)c1O. The fourth-order valence-corrected chi connectivity index (χ4v) is 7.90. The lowest BCUT2D eigenvalue weighted by Crippen LogP contribution is -2.57. The second-order valence-electron chi connectivity index (χ2n) is 11.2. The van der Waals surface area contributed by atoms with Gasteiger partial charge in [-0.05, 0) is 99.2 Å². The predicted molar refractivity (Wildman–Crippen MR) is 121 cm³/mol. The second kappa shape index (κ2) is 8.64. The number of methoxy groups -OCH3 is 2. The first kappa shape index (κ1) is 22.2. The van der Waals surface area contributed by atoms with Crippen LogP contribution in [-0.4, -0.2) is 31.4 Å². The molecular formula is C27H38O5. The van der Waals surface area contributed by atoms with Crippen LogP contribution in [-0.2, 0) is 37.6 Å². The number of esters is 1. The van der Waals surface area contributed by atoms with Crippen molar-refractivity contribution >= 4 is 5.97 Å². The summed E-state index contributed by atoms with van der Waals surface area (Å²) in [5.74, 6) is 1.52. The van der Waals surface area contributed by atoms with Crippen LogP contribution in [0.4, 0.5) is 0 Å². The highest BCUT2D eigenvalue weighted by Crippen LogP contribution is 2.66. The molecule has 5 saturated carbocycles. The molecule has 2 unspecified atom stereocenters. The molecule has 6 rings (SSSR count). The molecule has 32 heavy (non-hydrogen) atoms. The van der Waals surface area contributed by atoms with E-state index in [4.69, 9.17) is 14.2 Å². The van der Waals surface area contributed by atoms with Gasteiger partial charge >= 0.3 is 5.97 Å². The Morgan fingerprint density at radius 1 is 0.969 bits per heavy atom. The van der Waals surface area contributed by atoms with Crippen LogP contribution in [0.1, 0.15) is 87.3 Å². The van der Waals surface area contributed by atoms with Crippen molar-refractivity contribution in [3.63, 3.8) is 0 Å². The Hall–Kier alpha value is -1.59. The molecule has 2 atom stereocenters. The van der Waals surface area contributed by atoms with Crippen molar-refractivity contribution in [2.45, 2.75) is 95.4 Å². The Labute approximate surface area is 191 Å². The molecule has 5 aliphatic rings. The highest BCUT2D eigenvalue weighted by molar-refractivity contribution is 5.78. The van der Waals surface area contributed by atoms with Crippen LogP contribution >= 0.6 is 0 Å². The van der Waals surface area contributed by atoms with Crippen LogP contribution < -0.4 is 0 Å². The molecule has 0 aromatic heterocycles. The van der Waals surface area contributed by atoms with Crippen LogP contribution in [0.5, 0.6) is 5.75 Å². The summed E-state index contributed by atoms with van der Waals surface area (Å²) in [6, 6.07) is 4.26. The van der Waals surface area contributed by atoms with Gasteiger partial charge in [0.05, 0.1) is 18.6 Å². The van der Waals surface area contributed by atoms with Crippen molar-refractivity contribution in [1.82, 2.24) is 0 Å². The normalized spacial score (nSPS) is 34.1. The topological polar surface area (TPSA) is 65.0 Å². The van der Waals surface area contributed by atoms with E-state index in [2.05, 4.69) is 12.1 Å². The zero-order chi connectivity index (χ0) is 22.3. The molecule has 0 amide bonds. The van der Waals surface area contributed by atoms with Gasteiger partial charge in [-0.3, -0.25) is 4.79 Å². The van der Waals surface area contributed by atoms with Crippen LogP contribution in [0.15, 0.2) is 12.1 Å². The molecule has 0 radical (unpaired) electrons. The summed E-state index contributed by atoms with van der Waals surface area (Å²) in [6.45, 7) is 0.738. The second-order valence-corrected chi connectivity index (χ2v) is 11.2. The van der Waals surface area contributed by atoms with E-state index in [-0.39, 0.29) is 28.7 Å². The van der Waals surface area contributed by atoms with Crippen molar-refractivity contribution in [3.8, 4) is 5.75 Å². The highest BCUT2D eigenvalue weighted by atomic mass is 16.5. The number of carbonyl (C=O) groups excluding carboxylic acids is 1. The summed E-state index contributed by atoms with van der Waals surface area (Å²) in [6.07, 6.45) is 12.2. The number of phenols is 1. The number of hydrogen-bond donors (Lipinski definition) is 1. The first-order valence-corrected chi connectivity index (χ1v) is 12.5. The third-order valence-corrected chi connectivity index (χ3v) is 8.80. The molecule has 176 valence electrons. The van der Waals surface area contributed by atoms with Gasteiger partial charge in [-0.25, -0.2) is 0 Å². The van der Waals surface area contributed by atoms with E-state index < -0.39 is 0 Å². The number of aromatic hydroxyl groups is 1. The fourth-order valence-electron chi connectivity index (χ4n) is 7.90. The van der Waals surface area contributed by atoms with Crippen molar-refractivity contribution in [3.05, 3.63) is 28.8 Å². The van der Waals surface area contributed by atoms with Gasteiger partial charge in [-0.1, -0.05) is 6.42 Å². The number of benzene rings is 1. The van der Waals surface area contributed by atoms with Crippen molar-refractivity contribution in [1.29, 1.82) is 0 Å². The quantitative estimate of drug-likeness (QED) is 0.573. The summed E-state index contributed by atoms with van der Waals surface area (Å²) < 4.78 is 16.9. The monoisotopic (exact) mass is 442 g/mol. The zero-order valence-electron chi connectivity index (χ0n) is 19.7. The number of rotatable bonds is 7. The van der Waals surface area contributed by atoms with E-state index in [0.717, 1.165) is 56.1 Å². The summed E-state index contributed by atoms with van der Waals surface area (Å²) in [4.78, 5) is 13.6. The van der Waals surface area contributed by atoms with Crippen LogP contribution in [0, 0.1) is 17.3 Å². The van der Waals surface area contributed by atoms with E-state index in [1.807, 2.05) is 0 Å². The summed E-state index contributed by atoms with van der Waals surface area (Å²) in [5, 5.41) is 10.7. The number of phenolic OH excluding ortho intramolecular Hbond substituents is 1. The van der Waals surface area contributed by atoms with Gasteiger partial charge < -0.3 is 19.3 Å². The molecule has 5 fully saturated rings. The Kier molecular flexibility index (Phi) is 6.00. The molecule has 0 aliphatic heterocycles. The number of ether oxygens (including phenoxy) is 3. The van der Waals surface area contributed by atoms with E-state index in [1.165, 1.54) is 31.2 Å². The molecule has 0 saturated heterocycles. The van der Waals surface area contributed by atoms with Gasteiger partial charge in [0.25, 0.3) is 0 Å². The van der Waals surface area contributed by atoms with E-state index in [9.17, 15) is 9.90 Å². The molecule has 5 aliphatic carbocycles. The summed E-state index contributed by atoms with van der Waals surface area (Å²) in [7, 11) is 3.31. The van der Waals surface area contributed by atoms with E-state index >= 15 is 0 Å². The number of carbonyl (C=O) groups is 1. The third-order valence-electron chi connectivity index (χ3n) is 8.80. The zero-order valence-corrected chi connectivity index (χ0v) is 19.7. The minimum absolute atomic E-state index is 0.0195. The Balaban J connectivity index is 1.48. The molecular weight excluding hydrogens is 404 g/mol. The maximum absolute atomic E-state index is 13.6. The minimum atomic E-state index is -0.331. The maximum Gasteiger partial charge on any atom is 0.312 e. The average Bonchev–Trinajstić information content (AvgIpc) is 2.76. The Morgan fingerprint density at radius 2 is 1.56 bits per heavy atom. The summed E-state index contributed by atoms with van der Waals surface area (Å²) >= 11 is 0. The average molecular weight is 443 g/mol. The van der Waals surface area contributed by atoms with Crippen molar-refractivity contribution in [2.24, 2.45) is 17.3 Å². The molecule has 0 spiro atoms. The number of hydrogen-bond acceptors (Lipinski definition) is 5. The first-order chi connectivity index (χ1) is 15.5. The lowest BCUT2D eigenvalue weighted by molar-refractivity contribution is -0.180. The van der Waals surface area contributed by atoms with Gasteiger partial charge in [-0.2, -0.15) is 0 Å². The molecule has 0 heterocycles. The molecule has 1 aromatic carbocycles. The van der Waals surface area contributed by atoms with E-state index in [1.54, 1.807) is 14.2 Å². The van der Waals surface area contributed by atoms with Crippen LogP contribution in [0.25, 0.3) is 0 Å². The Morgan fingerprint density at radius 3 is 2.12 bits per heavy atom. The lowest BCUT2D eigenvalue weighted by Gasteiger charge is -2.61. The summed E-state index contributed by atoms with van der Waals surface area (Å²) in [5.41, 5.74) is 2.52. The van der Waals surface area contributed by atoms with Gasteiger partial charge in [0, 0.05) is 25.3 Å². The minimum Gasteiger partial charge on any atom is -0.507 e. The Bertz CT molecular complexity index is 815. The highest BCUT2D eigenvalue weighted by Gasteiger charge is 2.62. The van der Waals surface area contributed by atoms with Gasteiger partial charge in [-0.15, -0.1) is 0 Å². The standard InChI is InChI=1S/C27H38O5/c1-30-15-20-9-22(10-21(16-31-2)24(20)28)26-11-18-8-19(12-26)14-27(13-18,17-26)25(29)32-23-6-4-3-5-7-23/h9-10,18-19,23,28H,3-8,11-17H2,1-2H3. The first-order valence-electron chi connectivity index (χ1n) is 12.5. The van der Waals surface area contributed by atoms with Gasteiger partial charge in [0.1, 0.15) is 11.9 Å². The lowest BCUT2D eigenvalue weighted by atomic mass is 9.43. The molecule has 1 aromatic rings. The predicted octanol–water partition coefficient (Wildman–Crippen LogP) is 5.40. The van der Waals surface area contributed by atoms with Gasteiger partial charge in [0.15, 0.2) is 0 Å². The smallest absolute Gasteiger partial charge is 0.312 e. The van der Waals surface area contributed by atoms with Crippen LogP contribution in [0.2, 0.25) is 0 Å².